The average molecular weight is 232 g/mol. The predicted molar refractivity (Wildman–Crippen MR) is 60.3 cm³/mol. The van der Waals surface area contributed by atoms with Gasteiger partial charge in [-0.05, 0) is 24.3 Å². The van der Waals surface area contributed by atoms with Crippen molar-refractivity contribution in [1.29, 1.82) is 0 Å². The Labute approximate surface area is 96.7 Å². The summed E-state index contributed by atoms with van der Waals surface area (Å²) in [4.78, 5) is 15.5. The summed E-state index contributed by atoms with van der Waals surface area (Å²) in [6.45, 7) is 0. The van der Waals surface area contributed by atoms with Gasteiger partial charge in [0.15, 0.2) is 0 Å². The monoisotopic (exact) mass is 232 g/mol. The molecule has 0 atom stereocenters. The van der Waals surface area contributed by atoms with Crippen LogP contribution in [0.2, 0.25) is 0 Å². The van der Waals surface area contributed by atoms with E-state index in [4.69, 9.17) is 5.11 Å². The van der Waals surface area contributed by atoms with E-state index >= 15 is 0 Å². The molecule has 0 bridgehead atoms. The van der Waals surface area contributed by atoms with Gasteiger partial charge in [0.25, 0.3) is 5.91 Å². The highest BCUT2D eigenvalue weighted by atomic mass is 19.1. The van der Waals surface area contributed by atoms with Gasteiger partial charge in [0.1, 0.15) is 11.6 Å². The van der Waals surface area contributed by atoms with Crippen molar-refractivity contribution < 1.29 is 14.3 Å². The van der Waals surface area contributed by atoms with Crippen LogP contribution in [0.5, 0.6) is 5.75 Å². The first-order valence-electron chi connectivity index (χ1n) is 4.87. The van der Waals surface area contributed by atoms with Gasteiger partial charge in [-0.15, -0.1) is 0 Å². The molecular formula is C12H9FN2O2. The van der Waals surface area contributed by atoms with Crippen LogP contribution in [0.25, 0.3) is 0 Å². The van der Waals surface area contributed by atoms with E-state index in [2.05, 4.69) is 10.3 Å². The van der Waals surface area contributed by atoms with Crippen molar-refractivity contribution in [1.82, 2.24) is 4.98 Å². The van der Waals surface area contributed by atoms with Gasteiger partial charge in [0, 0.05) is 24.0 Å². The van der Waals surface area contributed by atoms with Crippen LogP contribution in [0.3, 0.4) is 0 Å². The topological polar surface area (TPSA) is 62.2 Å². The number of rotatable bonds is 2. The lowest BCUT2D eigenvalue weighted by molar-refractivity contribution is 0.102. The van der Waals surface area contributed by atoms with Crippen molar-refractivity contribution in [2.75, 3.05) is 5.32 Å². The maximum atomic E-state index is 13.3. The summed E-state index contributed by atoms with van der Waals surface area (Å²) in [6.07, 6.45) is 2.95. The number of halogens is 1. The fourth-order valence-electron chi connectivity index (χ4n) is 1.30. The number of hydrogen-bond donors (Lipinski definition) is 2. The number of benzene rings is 1. The van der Waals surface area contributed by atoms with Gasteiger partial charge >= 0.3 is 0 Å². The molecule has 1 heterocycles. The predicted octanol–water partition coefficient (Wildman–Crippen LogP) is 2.18. The highest BCUT2D eigenvalue weighted by molar-refractivity contribution is 6.04. The van der Waals surface area contributed by atoms with Gasteiger partial charge in [0.05, 0.1) is 5.69 Å². The van der Waals surface area contributed by atoms with Crippen LogP contribution in [-0.2, 0) is 0 Å². The number of nitrogens with one attached hydrogen (secondary N) is 1. The molecule has 2 aromatic rings. The minimum Gasteiger partial charge on any atom is -0.508 e. The zero-order valence-corrected chi connectivity index (χ0v) is 8.72. The van der Waals surface area contributed by atoms with Gasteiger partial charge in [-0.2, -0.15) is 0 Å². The van der Waals surface area contributed by atoms with Gasteiger partial charge in [-0.3, -0.25) is 9.78 Å². The van der Waals surface area contributed by atoms with Crippen LogP contribution in [0.4, 0.5) is 10.1 Å². The Hall–Kier alpha value is -2.43. The smallest absolute Gasteiger partial charge is 0.255 e. The Kier molecular flexibility index (Phi) is 3.00. The van der Waals surface area contributed by atoms with Gasteiger partial charge in [-0.25, -0.2) is 4.39 Å². The lowest BCUT2D eigenvalue weighted by Gasteiger charge is -2.06. The molecule has 0 aliphatic carbocycles. The number of phenols is 1. The molecule has 17 heavy (non-hydrogen) atoms. The molecule has 0 radical (unpaired) electrons. The SMILES string of the molecule is O=C(Nc1ccc(O)cc1F)c1ccncc1. The molecule has 0 saturated heterocycles. The zero-order chi connectivity index (χ0) is 12.3. The van der Waals surface area contributed by atoms with Gasteiger partial charge < -0.3 is 10.4 Å². The molecule has 0 aliphatic rings. The lowest BCUT2D eigenvalue weighted by atomic mass is 10.2. The van der Waals surface area contributed by atoms with E-state index in [0.29, 0.717) is 5.56 Å². The largest absolute Gasteiger partial charge is 0.508 e. The molecule has 1 amide bonds. The summed E-state index contributed by atoms with van der Waals surface area (Å²) < 4.78 is 13.3. The third-order valence-electron chi connectivity index (χ3n) is 2.14. The van der Waals surface area contributed by atoms with Gasteiger partial charge in [0.2, 0.25) is 0 Å². The van der Waals surface area contributed by atoms with E-state index in [1.165, 1.54) is 36.7 Å². The van der Waals surface area contributed by atoms with Crippen molar-refractivity contribution in [3.63, 3.8) is 0 Å². The van der Waals surface area contributed by atoms with Crippen LogP contribution in [-0.4, -0.2) is 16.0 Å². The summed E-state index contributed by atoms with van der Waals surface area (Å²) in [5.41, 5.74) is 0.400. The number of anilines is 1. The molecule has 1 aromatic carbocycles. The van der Waals surface area contributed by atoms with E-state index in [9.17, 15) is 9.18 Å². The molecule has 2 N–H and O–H groups in total. The van der Waals surface area contributed by atoms with Gasteiger partial charge in [-0.1, -0.05) is 0 Å². The first-order chi connectivity index (χ1) is 8.16. The third-order valence-corrected chi connectivity index (χ3v) is 2.14. The number of amides is 1. The second-order valence-corrected chi connectivity index (χ2v) is 3.35. The highest BCUT2D eigenvalue weighted by Gasteiger charge is 2.09. The summed E-state index contributed by atoms with van der Waals surface area (Å²) in [5.74, 6) is -1.31. The molecule has 0 unspecified atom stereocenters. The number of hydrogen-bond acceptors (Lipinski definition) is 3. The van der Waals surface area contributed by atoms with Crippen LogP contribution in [0, 0.1) is 5.82 Å². The first-order valence-corrected chi connectivity index (χ1v) is 4.87. The minimum atomic E-state index is -0.688. The molecule has 0 aliphatic heterocycles. The number of nitrogens with zero attached hydrogens (tertiary/aromatic N) is 1. The van der Waals surface area contributed by atoms with E-state index in [0.717, 1.165) is 6.07 Å². The summed E-state index contributed by atoms with van der Waals surface area (Å²) in [6, 6.07) is 6.57. The Morgan fingerprint density at radius 2 is 1.94 bits per heavy atom. The van der Waals surface area contributed by atoms with Crippen molar-refractivity contribution in [3.05, 3.63) is 54.1 Å². The van der Waals surface area contributed by atoms with Crippen molar-refractivity contribution in [2.45, 2.75) is 0 Å². The Balaban J connectivity index is 2.19. The lowest BCUT2D eigenvalue weighted by Crippen LogP contribution is -2.12. The zero-order valence-electron chi connectivity index (χ0n) is 8.72. The van der Waals surface area contributed by atoms with Crippen molar-refractivity contribution in [3.8, 4) is 5.75 Å². The Bertz CT molecular complexity index is 543. The van der Waals surface area contributed by atoms with E-state index in [1.807, 2.05) is 0 Å². The second-order valence-electron chi connectivity index (χ2n) is 3.35. The van der Waals surface area contributed by atoms with E-state index < -0.39 is 11.7 Å². The fraction of sp³-hybridized carbons (Fsp3) is 0. The average Bonchev–Trinajstić information content (AvgIpc) is 2.34. The summed E-state index contributed by atoms with van der Waals surface area (Å²) in [5, 5.41) is 11.4. The summed E-state index contributed by atoms with van der Waals surface area (Å²) in [7, 11) is 0. The second kappa shape index (κ2) is 4.61. The van der Waals surface area contributed by atoms with Crippen LogP contribution >= 0.6 is 0 Å². The van der Waals surface area contributed by atoms with Crippen molar-refractivity contribution >= 4 is 11.6 Å². The summed E-state index contributed by atoms with van der Waals surface area (Å²) >= 11 is 0. The molecule has 1 aromatic heterocycles. The molecule has 4 nitrogen and oxygen atoms in total. The molecule has 0 saturated carbocycles. The first kappa shape index (κ1) is 11.1. The maximum Gasteiger partial charge on any atom is 0.255 e. The maximum absolute atomic E-state index is 13.3. The number of carbonyl (C=O) groups is 1. The molecule has 2 rings (SSSR count). The number of carbonyl (C=O) groups excluding carboxylic acids is 1. The van der Waals surface area contributed by atoms with Crippen LogP contribution < -0.4 is 5.32 Å². The minimum absolute atomic E-state index is 0.0182. The number of aromatic hydroxyl groups is 1. The highest BCUT2D eigenvalue weighted by Crippen LogP contribution is 2.19. The van der Waals surface area contributed by atoms with Crippen LogP contribution in [0.15, 0.2) is 42.7 Å². The molecule has 86 valence electrons. The molecule has 0 fully saturated rings. The van der Waals surface area contributed by atoms with Crippen LogP contribution in [0.1, 0.15) is 10.4 Å². The molecule has 0 spiro atoms. The Morgan fingerprint density at radius 3 is 2.59 bits per heavy atom. The van der Waals surface area contributed by atoms with E-state index in [1.54, 1.807) is 0 Å². The molecule has 5 heteroatoms. The van der Waals surface area contributed by atoms with E-state index in [-0.39, 0.29) is 11.4 Å². The standard InChI is InChI=1S/C12H9FN2O2/c13-10-7-9(16)1-2-11(10)15-12(17)8-3-5-14-6-4-8/h1-7,16H,(H,15,17). The number of aromatic nitrogens is 1. The van der Waals surface area contributed by atoms with Crippen molar-refractivity contribution in [2.24, 2.45) is 0 Å². The third kappa shape index (κ3) is 2.57. The fourth-order valence-corrected chi connectivity index (χ4v) is 1.30. The number of phenolic OH excluding ortho intramolecular Hbond substituents is 1. The normalized spacial score (nSPS) is 9.94. The number of pyridine rings is 1. The Morgan fingerprint density at radius 1 is 1.24 bits per heavy atom. The quantitative estimate of drug-likeness (QED) is 0.780. The molecular weight excluding hydrogens is 223 g/mol.